The van der Waals surface area contributed by atoms with Gasteiger partial charge in [0.05, 0.1) is 12.5 Å². The molecule has 1 aromatic carbocycles. The number of fused-ring (bicyclic) bond motifs is 1. The molecular weight excluding hydrogens is 252 g/mol. The van der Waals surface area contributed by atoms with E-state index in [1.165, 1.54) is 0 Å². The minimum Gasteiger partial charge on any atom is -0.466 e. The van der Waals surface area contributed by atoms with Gasteiger partial charge in [-0.2, -0.15) is 0 Å². The summed E-state index contributed by atoms with van der Waals surface area (Å²) in [6, 6.07) is 8.26. The molecule has 1 aliphatic rings. The Morgan fingerprint density at radius 1 is 1.30 bits per heavy atom. The van der Waals surface area contributed by atoms with E-state index >= 15 is 0 Å². The lowest BCUT2D eigenvalue weighted by Crippen LogP contribution is -2.18. The maximum atomic E-state index is 11.4. The molecule has 1 atom stereocenters. The number of hydrogen-bond acceptors (Lipinski definition) is 3. The first-order valence-electron chi connectivity index (χ1n) is 6.75. The number of benzene rings is 1. The van der Waals surface area contributed by atoms with E-state index in [2.05, 4.69) is 22.8 Å². The third-order valence-electron chi connectivity index (χ3n) is 3.77. The van der Waals surface area contributed by atoms with Crippen molar-refractivity contribution < 1.29 is 9.21 Å². The SMILES string of the molecule is CNC(c1ccc2c(c1)CC(=O)N2)c1cc(C)oc1C. The maximum absolute atomic E-state index is 11.4. The van der Waals surface area contributed by atoms with Crippen LogP contribution < -0.4 is 10.6 Å². The summed E-state index contributed by atoms with van der Waals surface area (Å²) in [5.41, 5.74) is 4.27. The van der Waals surface area contributed by atoms with Gasteiger partial charge in [0.1, 0.15) is 11.5 Å². The van der Waals surface area contributed by atoms with Crippen molar-refractivity contribution in [3.8, 4) is 0 Å². The molecule has 0 saturated heterocycles. The monoisotopic (exact) mass is 270 g/mol. The molecule has 0 fully saturated rings. The van der Waals surface area contributed by atoms with Gasteiger partial charge in [-0.15, -0.1) is 0 Å². The molecule has 3 rings (SSSR count). The highest BCUT2D eigenvalue weighted by atomic mass is 16.3. The van der Waals surface area contributed by atoms with Gasteiger partial charge >= 0.3 is 0 Å². The molecule has 104 valence electrons. The van der Waals surface area contributed by atoms with Crippen LogP contribution in [0.25, 0.3) is 0 Å². The van der Waals surface area contributed by atoms with Crippen LogP contribution in [-0.2, 0) is 11.2 Å². The lowest BCUT2D eigenvalue weighted by Gasteiger charge is -2.17. The molecule has 0 bridgehead atoms. The van der Waals surface area contributed by atoms with Crippen LogP contribution in [0.4, 0.5) is 5.69 Å². The number of hydrogen-bond donors (Lipinski definition) is 2. The zero-order valence-corrected chi connectivity index (χ0v) is 11.9. The molecule has 0 radical (unpaired) electrons. The Hall–Kier alpha value is -2.07. The second kappa shape index (κ2) is 4.80. The van der Waals surface area contributed by atoms with Crippen LogP contribution in [0.3, 0.4) is 0 Å². The van der Waals surface area contributed by atoms with Gasteiger partial charge in [-0.3, -0.25) is 4.79 Å². The molecule has 0 saturated carbocycles. The summed E-state index contributed by atoms with van der Waals surface area (Å²) in [6.07, 6.45) is 0.461. The Kier molecular flexibility index (Phi) is 3.10. The summed E-state index contributed by atoms with van der Waals surface area (Å²) < 4.78 is 5.62. The fourth-order valence-corrected chi connectivity index (χ4v) is 2.87. The van der Waals surface area contributed by atoms with Crippen LogP contribution in [0.1, 0.15) is 34.3 Å². The van der Waals surface area contributed by atoms with Crippen LogP contribution in [0.2, 0.25) is 0 Å². The van der Waals surface area contributed by atoms with Crippen molar-refractivity contribution >= 4 is 11.6 Å². The Bertz CT molecular complexity index is 673. The molecule has 2 aromatic rings. The van der Waals surface area contributed by atoms with Crippen molar-refractivity contribution in [3.05, 3.63) is 52.5 Å². The van der Waals surface area contributed by atoms with Crippen LogP contribution in [0.15, 0.2) is 28.7 Å². The number of amides is 1. The van der Waals surface area contributed by atoms with E-state index in [0.717, 1.165) is 33.9 Å². The summed E-state index contributed by atoms with van der Waals surface area (Å²) in [5, 5.41) is 6.18. The van der Waals surface area contributed by atoms with Gasteiger partial charge in [0.25, 0.3) is 0 Å². The standard InChI is InChI=1S/C16H18N2O2/c1-9-6-13(10(2)20-9)16(17-3)11-4-5-14-12(7-11)8-15(19)18-14/h4-7,16-17H,8H2,1-3H3,(H,18,19). The molecule has 4 nitrogen and oxygen atoms in total. The average Bonchev–Trinajstić information content (AvgIpc) is 2.92. The highest BCUT2D eigenvalue weighted by Crippen LogP contribution is 2.31. The average molecular weight is 270 g/mol. The Morgan fingerprint density at radius 3 is 2.75 bits per heavy atom. The van der Waals surface area contributed by atoms with Crippen molar-refractivity contribution in [1.82, 2.24) is 5.32 Å². The second-order valence-electron chi connectivity index (χ2n) is 5.23. The third-order valence-corrected chi connectivity index (χ3v) is 3.77. The molecule has 0 spiro atoms. The third kappa shape index (κ3) is 2.12. The van der Waals surface area contributed by atoms with Crippen LogP contribution in [-0.4, -0.2) is 13.0 Å². The van der Waals surface area contributed by atoms with Crippen molar-refractivity contribution in [3.63, 3.8) is 0 Å². The first-order valence-corrected chi connectivity index (χ1v) is 6.75. The van der Waals surface area contributed by atoms with Crippen LogP contribution in [0, 0.1) is 13.8 Å². The first-order chi connectivity index (χ1) is 9.58. The van der Waals surface area contributed by atoms with Crippen molar-refractivity contribution in [2.75, 3.05) is 12.4 Å². The van der Waals surface area contributed by atoms with Gasteiger partial charge in [0.15, 0.2) is 0 Å². The van der Waals surface area contributed by atoms with E-state index in [9.17, 15) is 4.79 Å². The lowest BCUT2D eigenvalue weighted by atomic mass is 9.96. The second-order valence-corrected chi connectivity index (χ2v) is 5.23. The van der Waals surface area contributed by atoms with Crippen LogP contribution >= 0.6 is 0 Å². The fraction of sp³-hybridized carbons (Fsp3) is 0.312. The normalized spacial score (nSPS) is 15.1. The number of carbonyl (C=O) groups excluding carboxylic acids is 1. The highest BCUT2D eigenvalue weighted by Gasteiger charge is 2.22. The lowest BCUT2D eigenvalue weighted by molar-refractivity contribution is -0.115. The number of rotatable bonds is 3. The zero-order valence-electron chi connectivity index (χ0n) is 11.9. The number of carbonyl (C=O) groups is 1. The van der Waals surface area contributed by atoms with Crippen molar-refractivity contribution in [2.24, 2.45) is 0 Å². The van der Waals surface area contributed by atoms with E-state index in [1.807, 2.05) is 33.0 Å². The molecule has 1 aliphatic heterocycles. The Morgan fingerprint density at radius 2 is 2.10 bits per heavy atom. The summed E-state index contributed by atoms with van der Waals surface area (Å²) >= 11 is 0. The van der Waals surface area contributed by atoms with Gasteiger partial charge in [0.2, 0.25) is 5.91 Å². The number of aryl methyl sites for hydroxylation is 2. The van der Waals surface area contributed by atoms with Crippen LogP contribution in [0.5, 0.6) is 0 Å². The summed E-state index contributed by atoms with van der Waals surface area (Å²) in [6.45, 7) is 3.93. The van der Waals surface area contributed by atoms with Gasteiger partial charge < -0.3 is 15.1 Å². The smallest absolute Gasteiger partial charge is 0.228 e. The number of nitrogens with one attached hydrogen (secondary N) is 2. The topological polar surface area (TPSA) is 54.3 Å². The van der Waals surface area contributed by atoms with Gasteiger partial charge in [0, 0.05) is 11.3 Å². The zero-order chi connectivity index (χ0) is 14.3. The molecule has 1 aromatic heterocycles. The number of anilines is 1. The minimum atomic E-state index is 0.0634. The fourth-order valence-electron chi connectivity index (χ4n) is 2.87. The van der Waals surface area contributed by atoms with E-state index in [1.54, 1.807) is 0 Å². The van der Waals surface area contributed by atoms with Crippen molar-refractivity contribution in [1.29, 1.82) is 0 Å². The summed E-state index contributed by atoms with van der Waals surface area (Å²) in [4.78, 5) is 11.4. The Labute approximate surface area is 118 Å². The van der Waals surface area contributed by atoms with Gasteiger partial charge in [-0.05, 0) is 44.2 Å². The molecule has 1 amide bonds. The predicted molar refractivity (Wildman–Crippen MR) is 77.9 cm³/mol. The van der Waals surface area contributed by atoms with Gasteiger partial charge in [-0.25, -0.2) is 0 Å². The predicted octanol–water partition coefficient (Wildman–Crippen LogP) is 2.70. The first kappa shape index (κ1) is 12.9. The molecule has 2 N–H and O–H groups in total. The molecular formula is C16H18N2O2. The molecule has 20 heavy (non-hydrogen) atoms. The maximum Gasteiger partial charge on any atom is 0.228 e. The van der Waals surface area contributed by atoms with Crippen molar-refractivity contribution in [2.45, 2.75) is 26.3 Å². The van der Waals surface area contributed by atoms with E-state index in [-0.39, 0.29) is 11.9 Å². The van der Waals surface area contributed by atoms with E-state index in [4.69, 9.17) is 4.42 Å². The Balaban J connectivity index is 2.00. The molecule has 2 heterocycles. The summed E-state index contributed by atoms with van der Waals surface area (Å²) in [5.74, 6) is 1.90. The largest absolute Gasteiger partial charge is 0.466 e. The van der Waals surface area contributed by atoms with E-state index < -0.39 is 0 Å². The molecule has 4 heteroatoms. The van der Waals surface area contributed by atoms with Gasteiger partial charge in [-0.1, -0.05) is 12.1 Å². The minimum absolute atomic E-state index is 0.0634. The molecule has 1 unspecified atom stereocenters. The highest BCUT2D eigenvalue weighted by molar-refractivity contribution is 5.99. The van der Waals surface area contributed by atoms with E-state index in [0.29, 0.717) is 6.42 Å². The quantitative estimate of drug-likeness (QED) is 0.901. The summed E-state index contributed by atoms with van der Waals surface area (Å²) in [7, 11) is 1.93. The molecule has 0 aliphatic carbocycles. The number of furan rings is 1.